The number of nitrogens with zero attached hydrogens (tertiary/aromatic N) is 1. The Morgan fingerprint density at radius 3 is 2.65 bits per heavy atom. The molecular weight excluding hydrogens is 424 g/mol. The highest BCUT2D eigenvalue weighted by molar-refractivity contribution is 7.16. The van der Waals surface area contributed by atoms with Gasteiger partial charge in [0.05, 0.1) is 12.7 Å². The van der Waals surface area contributed by atoms with E-state index >= 15 is 0 Å². The summed E-state index contributed by atoms with van der Waals surface area (Å²) < 4.78 is 5.22. The maximum atomic E-state index is 13.4. The summed E-state index contributed by atoms with van der Waals surface area (Å²) in [5.41, 5.74) is 2.92. The number of nitrogens with one attached hydrogen (secondary N) is 1. The highest BCUT2D eigenvalue weighted by Crippen LogP contribution is 2.45. The minimum absolute atomic E-state index is 0.0878. The number of hydrogen-bond acceptors (Lipinski definition) is 5. The van der Waals surface area contributed by atoms with Gasteiger partial charge in [0.1, 0.15) is 10.8 Å². The number of thiophene rings is 2. The van der Waals surface area contributed by atoms with Crippen molar-refractivity contribution in [1.29, 1.82) is 0 Å². The fourth-order valence-electron chi connectivity index (χ4n) is 3.99. The number of fused-ring (bicyclic) bond motifs is 1. The molecule has 1 amide bonds. The molecule has 1 aromatic carbocycles. The zero-order valence-electron chi connectivity index (χ0n) is 18.4. The topological polar surface area (TPSA) is 50.7 Å². The van der Waals surface area contributed by atoms with Crippen molar-refractivity contribution in [3.05, 3.63) is 62.7 Å². The minimum atomic E-state index is -0.0878. The van der Waals surface area contributed by atoms with Crippen LogP contribution >= 0.6 is 22.7 Å². The van der Waals surface area contributed by atoms with E-state index < -0.39 is 0 Å². The zero-order chi connectivity index (χ0) is 22.0. The molecule has 1 unspecified atom stereocenters. The van der Waals surface area contributed by atoms with Gasteiger partial charge < -0.3 is 10.1 Å². The Morgan fingerprint density at radius 2 is 2.00 bits per heavy atom. The molecule has 6 heteroatoms. The number of carbonyl (C=O) groups excluding carboxylic acids is 1. The molecule has 0 bridgehead atoms. The van der Waals surface area contributed by atoms with E-state index in [2.05, 4.69) is 26.1 Å². The van der Waals surface area contributed by atoms with Crippen LogP contribution in [0.3, 0.4) is 0 Å². The van der Waals surface area contributed by atoms with E-state index in [1.807, 2.05) is 48.0 Å². The van der Waals surface area contributed by atoms with Crippen LogP contribution < -0.4 is 10.1 Å². The highest BCUT2D eigenvalue weighted by atomic mass is 32.1. The first-order chi connectivity index (χ1) is 14.8. The average molecular weight is 453 g/mol. The molecule has 0 spiro atoms. The SMILES string of the molecule is COc1ccc(NC(=O)c2c(/N=C/c3cccs3)sc3c2CCC(C(C)(C)C)C3)cc1. The predicted octanol–water partition coefficient (Wildman–Crippen LogP) is 6.97. The first-order valence-corrected chi connectivity index (χ1v) is 12.2. The number of aliphatic imine (C=N–C) groups is 1. The maximum absolute atomic E-state index is 13.4. The Morgan fingerprint density at radius 1 is 1.23 bits per heavy atom. The Bertz CT molecular complexity index is 1070. The molecule has 1 N–H and O–H groups in total. The number of benzene rings is 1. The second kappa shape index (κ2) is 8.97. The van der Waals surface area contributed by atoms with Crippen molar-refractivity contribution in [1.82, 2.24) is 0 Å². The molecule has 2 heterocycles. The number of ether oxygens (including phenoxy) is 1. The van der Waals surface area contributed by atoms with Crippen LogP contribution in [-0.2, 0) is 12.8 Å². The summed E-state index contributed by atoms with van der Waals surface area (Å²) in [6, 6.07) is 11.5. The van der Waals surface area contributed by atoms with Crippen molar-refractivity contribution in [2.45, 2.75) is 40.0 Å². The quantitative estimate of drug-likeness (QED) is 0.425. The Kier molecular flexibility index (Phi) is 6.30. The number of rotatable bonds is 5. The largest absolute Gasteiger partial charge is 0.497 e. The molecule has 4 nitrogen and oxygen atoms in total. The molecular formula is C25H28N2O2S2. The van der Waals surface area contributed by atoms with Crippen LogP contribution in [-0.4, -0.2) is 19.2 Å². The van der Waals surface area contributed by atoms with Crippen molar-refractivity contribution < 1.29 is 9.53 Å². The van der Waals surface area contributed by atoms with E-state index in [0.717, 1.165) is 46.1 Å². The van der Waals surface area contributed by atoms with Crippen molar-refractivity contribution in [3.8, 4) is 5.75 Å². The lowest BCUT2D eigenvalue weighted by molar-refractivity contribution is 0.102. The van der Waals surface area contributed by atoms with Crippen LogP contribution in [0.5, 0.6) is 5.75 Å². The van der Waals surface area contributed by atoms with Crippen LogP contribution in [0.1, 0.15) is 52.9 Å². The summed E-state index contributed by atoms with van der Waals surface area (Å²) >= 11 is 3.32. The number of amides is 1. The van der Waals surface area contributed by atoms with Crippen molar-refractivity contribution in [3.63, 3.8) is 0 Å². The van der Waals surface area contributed by atoms with E-state index in [1.165, 1.54) is 10.4 Å². The molecule has 0 saturated carbocycles. The normalized spacial score (nSPS) is 16.3. The molecule has 3 aromatic rings. The molecule has 1 atom stereocenters. The van der Waals surface area contributed by atoms with Crippen LogP contribution in [0, 0.1) is 11.3 Å². The van der Waals surface area contributed by atoms with E-state index in [-0.39, 0.29) is 11.3 Å². The molecule has 162 valence electrons. The van der Waals surface area contributed by atoms with Crippen LogP contribution in [0.4, 0.5) is 10.7 Å². The molecule has 1 aliphatic carbocycles. The molecule has 0 fully saturated rings. The lowest BCUT2D eigenvalue weighted by Gasteiger charge is -2.33. The molecule has 0 saturated heterocycles. The third-order valence-corrected chi connectivity index (χ3v) is 7.87. The first kappa shape index (κ1) is 21.8. The maximum Gasteiger partial charge on any atom is 0.259 e. The molecule has 0 aliphatic heterocycles. The van der Waals surface area contributed by atoms with Gasteiger partial charge in [-0.05, 0) is 71.9 Å². The molecule has 1 aliphatic rings. The van der Waals surface area contributed by atoms with Gasteiger partial charge in [-0.2, -0.15) is 0 Å². The van der Waals surface area contributed by atoms with E-state index in [1.54, 1.807) is 29.8 Å². The van der Waals surface area contributed by atoms with E-state index in [4.69, 9.17) is 9.73 Å². The smallest absolute Gasteiger partial charge is 0.259 e. The van der Waals surface area contributed by atoms with Gasteiger partial charge in [-0.1, -0.05) is 26.8 Å². The highest BCUT2D eigenvalue weighted by Gasteiger charge is 2.33. The molecule has 4 rings (SSSR count). The van der Waals surface area contributed by atoms with E-state index in [9.17, 15) is 4.79 Å². The standard InChI is InChI=1S/C25H28N2O2S2/c1-25(2,3)16-7-12-20-21(14-16)31-24(26-15-19-6-5-13-30-19)22(20)23(28)27-17-8-10-18(29-4)11-9-17/h5-6,8-11,13,15-16H,7,12,14H2,1-4H3,(H,27,28)/b26-15+. The Hall–Kier alpha value is -2.44. The summed E-state index contributed by atoms with van der Waals surface area (Å²) in [5, 5.41) is 5.90. The van der Waals surface area contributed by atoms with Crippen molar-refractivity contribution in [2.75, 3.05) is 12.4 Å². The summed E-state index contributed by atoms with van der Waals surface area (Å²) in [6.07, 6.45) is 4.91. The minimum Gasteiger partial charge on any atom is -0.497 e. The van der Waals surface area contributed by atoms with Gasteiger partial charge in [0, 0.05) is 21.7 Å². The van der Waals surface area contributed by atoms with Gasteiger partial charge in [-0.15, -0.1) is 22.7 Å². The summed E-state index contributed by atoms with van der Waals surface area (Å²) in [5.74, 6) is 1.29. The summed E-state index contributed by atoms with van der Waals surface area (Å²) in [6.45, 7) is 6.93. The number of carbonyl (C=O) groups is 1. The lowest BCUT2D eigenvalue weighted by atomic mass is 9.72. The van der Waals surface area contributed by atoms with Gasteiger partial charge >= 0.3 is 0 Å². The molecule has 31 heavy (non-hydrogen) atoms. The van der Waals surface area contributed by atoms with Crippen LogP contribution in [0.2, 0.25) is 0 Å². The Labute approximate surface area is 192 Å². The predicted molar refractivity (Wildman–Crippen MR) is 132 cm³/mol. The van der Waals surface area contributed by atoms with Gasteiger partial charge in [0.2, 0.25) is 0 Å². The third-order valence-electron chi connectivity index (χ3n) is 5.90. The molecule has 0 radical (unpaired) electrons. The fourth-order valence-corrected chi connectivity index (χ4v) is 5.84. The number of hydrogen-bond donors (Lipinski definition) is 1. The second-order valence-corrected chi connectivity index (χ2v) is 11.0. The zero-order valence-corrected chi connectivity index (χ0v) is 20.0. The summed E-state index contributed by atoms with van der Waals surface area (Å²) in [7, 11) is 1.63. The van der Waals surface area contributed by atoms with Gasteiger partial charge in [-0.25, -0.2) is 4.99 Å². The van der Waals surface area contributed by atoms with Crippen molar-refractivity contribution in [2.24, 2.45) is 16.3 Å². The van der Waals surface area contributed by atoms with Gasteiger partial charge in [0.25, 0.3) is 5.91 Å². The Balaban J connectivity index is 1.67. The average Bonchev–Trinajstić information content (AvgIpc) is 3.39. The fraction of sp³-hybridized carbons (Fsp3) is 0.360. The second-order valence-electron chi connectivity index (χ2n) is 8.95. The van der Waals surface area contributed by atoms with Gasteiger partial charge in [-0.3, -0.25) is 4.79 Å². The number of methoxy groups -OCH3 is 1. The lowest BCUT2D eigenvalue weighted by Crippen LogP contribution is -2.27. The summed E-state index contributed by atoms with van der Waals surface area (Å²) in [4.78, 5) is 20.5. The molecule has 2 aromatic heterocycles. The van der Waals surface area contributed by atoms with Crippen LogP contribution in [0.15, 0.2) is 46.8 Å². The first-order valence-electron chi connectivity index (χ1n) is 10.5. The van der Waals surface area contributed by atoms with E-state index in [0.29, 0.717) is 5.92 Å². The monoisotopic (exact) mass is 452 g/mol. The van der Waals surface area contributed by atoms with Crippen molar-refractivity contribution >= 4 is 45.5 Å². The third kappa shape index (κ3) is 4.91. The van der Waals surface area contributed by atoms with Gasteiger partial charge in [0.15, 0.2) is 0 Å². The van der Waals surface area contributed by atoms with Crippen LogP contribution in [0.25, 0.3) is 0 Å². The number of anilines is 1.